The molecule has 32 heavy (non-hydrogen) atoms. The molecule has 1 heterocycles. The Kier molecular flexibility index (Phi) is 12.9. The molecule has 1 aromatic carbocycles. The molecule has 0 N–H and O–H groups in total. The Hall–Kier alpha value is -0.910. The molecule has 0 aliphatic carbocycles. The molecule has 1 aromatic rings. The van der Waals surface area contributed by atoms with Crippen LogP contribution in [0.5, 0.6) is 5.75 Å². The number of rotatable bonds is 16. The van der Waals surface area contributed by atoms with Gasteiger partial charge in [0, 0.05) is 19.1 Å². The second-order valence-electron chi connectivity index (χ2n) is 8.52. The number of nitrogens with zero attached hydrogens (tertiary/aromatic N) is 1. The van der Waals surface area contributed by atoms with Gasteiger partial charge < -0.3 is 18.5 Å². The smallest absolute Gasteiger partial charge is 0.332 e. The lowest BCUT2D eigenvalue weighted by Crippen LogP contribution is -2.45. The largest absolute Gasteiger partial charge is 0.494 e. The number of hydrogen-bond acceptors (Lipinski definition) is 6. The summed E-state index contributed by atoms with van der Waals surface area (Å²) in [6.07, 6.45) is 7.99. The average Bonchev–Trinajstić information content (AvgIpc) is 2.79. The van der Waals surface area contributed by atoms with E-state index in [0.29, 0.717) is 26.0 Å². The molecule has 1 saturated heterocycles. The molecular formula is C25H44NO5P. The van der Waals surface area contributed by atoms with E-state index in [1.54, 1.807) is 0 Å². The first-order valence-corrected chi connectivity index (χ1v) is 14.2. The number of morpholine rings is 1. The van der Waals surface area contributed by atoms with E-state index in [1.165, 1.54) is 32.1 Å². The van der Waals surface area contributed by atoms with Gasteiger partial charge in [0.05, 0.1) is 38.7 Å². The van der Waals surface area contributed by atoms with E-state index in [0.717, 1.165) is 37.4 Å². The highest BCUT2D eigenvalue weighted by atomic mass is 31.2. The van der Waals surface area contributed by atoms with Crippen LogP contribution in [-0.4, -0.2) is 56.6 Å². The molecule has 0 radical (unpaired) electrons. The van der Waals surface area contributed by atoms with Gasteiger partial charge in [0.15, 0.2) is 0 Å². The van der Waals surface area contributed by atoms with Crippen LogP contribution in [0.25, 0.3) is 0 Å². The van der Waals surface area contributed by atoms with Crippen molar-refractivity contribution in [2.75, 3.05) is 45.7 Å². The fourth-order valence-electron chi connectivity index (χ4n) is 4.10. The minimum Gasteiger partial charge on any atom is -0.494 e. The lowest BCUT2D eigenvalue weighted by atomic mass is 10.1. The van der Waals surface area contributed by atoms with Gasteiger partial charge in [-0.05, 0) is 44.9 Å². The number of ether oxygens (including phenoxy) is 2. The molecule has 184 valence electrons. The predicted octanol–water partition coefficient (Wildman–Crippen LogP) is 6.45. The van der Waals surface area contributed by atoms with Gasteiger partial charge in [-0.3, -0.25) is 9.46 Å². The van der Waals surface area contributed by atoms with E-state index >= 15 is 0 Å². The Balaban J connectivity index is 1.81. The molecule has 1 aliphatic rings. The molecule has 2 atom stereocenters. The summed E-state index contributed by atoms with van der Waals surface area (Å²) in [5, 5.41) is 0. The van der Waals surface area contributed by atoms with Crippen LogP contribution in [0.4, 0.5) is 0 Å². The van der Waals surface area contributed by atoms with Crippen LogP contribution in [0.15, 0.2) is 24.3 Å². The van der Waals surface area contributed by atoms with Crippen molar-refractivity contribution in [1.29, 1.82) is 0 Å². The van der Waals surface area contributed by atoms with E-state index in [1.807, 2.05) is 26.0 Å². The first-order chi connectivity index (χ1) is 15.5. The molecule has 2 unspecified atom stereocenters. The zero-order valence-corrected chi connectivity index (χ0v) is 21.5. The van der Waals surface area contributed by atoms with E-state index in [9.17, 15) is 4.57 Å². The summed E-state index contributed by atoms with van der Waals surface area (Å²) >= 11 is 0. The van der Waals surface area contributed by atoms with E-state index in [-0.39, 0.29) is 12.1 Å². The molecule has 1 fully saturated rings. The highest BCUT2D eigenvalue weighted by molar-refractivity contribution is 7.53. The molecule has 0 amide bonds. The third kappa shape index (κ3) is 9.52. The van der Waals surface area contributed by atoms with Crippen molar-refractivity contribution in [3.63, 3.8) is 0 Å². The zero-order chi connectivity index (χ0) is 23.2. The topological polar surface area (TPSA) is 57.2 Å². The Morgan fingerprint density at radius 3 is 2.34 bits per heavy atom. The minimum absolute atomic E-state index is 0.00242. The first kappa shape index (κ1) is 27.3. The Labute approximate surface area is 195 Å². The number of hydrogen-bond donors (Lipinski definition) is 0. The van der Waals surface area contributed by atoms with Crippen molar-refractivity contribution in [2.24, 2.45) is 0 Å². The Bertz CT molecular complexity index is 659. The highest BCUT2D eigenvalue weighted by Gasteiger charge is 2.32. The third-order valence-corrected chi connectivity index (χ3v) is 8.16. The lowest BCUT2D eigenvalue weighted by Gasteiger charge is -2.37. The fraction of sp³-hybridized carbons (Fsp3) is 0.760. The quantitative estimate of drug-likeness (QED) is 0.205. The molecule has 1 aliphatic heterocycles. The number of benzene rings is 1. The van der Waals surface area contributed by atoms with Gasteiger partial charge in [-0.15, -0.1) is 0 Å². The average molecular weight is 470 g/mol. The van der Waals surface area contributed by atoms with E-state index in [2.05, 4.69) is 30.9 Å². The normalized spacial score (nSPS) is 18.6. The van der Waals surface area contributed by atoms with Crippen LogP contribution in [0.2, 0.25) is 0 Å². The maximum absolute atomic E-state index is 12.9. The third-order valence-electron chi connectivity index (χ3n) is 5.88. The Morgan fingerprint density at radius 2 is 1.69 bits per heavy atom. The van der Waals surface area contributed by atoms with E-state index in [4.69, 9.17) is 18.5 Å². The van der Waals surface area contributed by atoms with Crippen LogP contribution >= 0.6 is 7.60 Å². The molecule has 0 bridgehead atoms. The van der Waals surface area contributed by atoms with Gasteiger partial charge in [-0.1, -0.05) is 51.2 Å². The summed E-state index contributed by atoms with van der Waals surface area (Å²) in [5.74, 6) is 0.915. The highest BCUT2D eigenvalue weighted by Crippen LogP contribution is 2.49. The summed E-state index contributed by atoms with van der Waals surface area (Å²) in [6, 6.07) is 8.36. The zero-order valence-electron chi connectivity index (χ0n) is 20.6. The molecule has 0 aromatic heterocycles. The first-order valence-electron chi connectivity index (χ1n) is 12.5. The predicted molar refractivity (Wildman–Crippen MR) is 131 cm³/mol. The van der Waals surface area contributed by atoms with Crippen LogP contribution in [-0.2, 0) is 18.3 Å². The van der Waals surface area contributed by atoms with Crippen LogP contribution < -0.4 is 4.74 Å². The number of unbranched alkanes of at least 4 members (excludes halogenated alkanes) is 5. The second kappa shape index (κ2) is 15.1. The van der Waals surface area contributed by atoms with Gasteiger partial charge in [0.1, 0.15) is 5.75 Å². The second-order valence-corrected chi connectivity index (χ2v) is 10.6. The maximum atomic E-state index is 12.9. The molecule has 0 saturated carbocycles. The lowest BCUT2D eigenvalue weighted by molar-refractivity contribution is -0.0404. The van der Waals surface area contributed by atoms with Crippen molar-refractivity contribution in [2.45, 2.75) is 78.4 Å². The molecule has 2 rings (SSSR count). The standard InChI is InChI=1S/C25H44NO5P/c1-5-8-9-10-11-12-18-28-24-15-13-23(14-16-24)25-20-26(17-19-29-25)22(4)21-32(27,30-6-2)31-7-3/h13-16,22,25H,5-12,17-21H2,1-4H3. The van der Waals surface area contributed by atoms with Crippen molar-refractivity contribution in [3.8, 4) is 5.75 Å². The molecule has 6 nitrogen and oxygen atoms in total. The van der Waals surface area contributed by atoms with Crippen molar-refractivity contribution >= 4 is 7.60 Å². The summed E-state index contributed by atoms with van der Waals surface area (Å²) in [7, 11) is -3.06. The SMILES string of the molecule is CCCCCCCCOc1ccc(C2CN(C(C)CP(=O)(OCC)OCC)CCO2)cc1. The molecular weight excluding hydrogens is 425 g/mol. The Morgan fingerprint density at radius 1 is 1.03 bits per heavy atom. The van der Waals surface area contributed by atoms with Gasteiger partial charge in [-0.25, -0.2) is 0 Å². The van der Waals surface area contributed by atoms with Crippen molar-refractivity contribution in [1.82, 2.24) is 4.90 Å². The van der Waals surface area contributed by atoms with Crippen molar-refractivity contribution < 1.29 is 23.1 Å². The minimum atomic E-state index is -3.06. The van der Waals surface area contributed by atoms with Gasteiger partial charge in [-0.2, -0.15) is 0 Å². The molecule has 0 spiro atoms. The van der Waals surface area contributed by atoms with Crippen LogP contribution in [0, 0.1) is 0 Å². The van der Waals surface area contributed by atoms with Crippen LogP contribution in [0.3, 0.4) is 0 Å². The monoisotopic (exact) mass is 469 g/mol. The summed E-state index contributed by atoms with van der Waals surface area (Å²) < 4.78 is 35.8. The summed E-state index contributed by atoms with van der Waals surface area (Å²) in [5.41, 5.74) is 1.15. The van der Waals surface area contributed by atoms with Crippen molar-refractivity contribution in [3.05, 3.63) is 29.8 Å². The van der Waals surface area contributed by atoms with Gasteiger partial charge in [0.2, 0.25) is 0 Å². The summed E-state index contributed by atoms with van der Waals surface area (Å²) in [4.78, 5) is 2.32. The van der Waals surface area contributed by atoms with E-state index < -0.39 is 7.60 Å². The maximum Gasteiger partial charge on any atom is 0.332 e. The van der Waals surface area contributed by atoms with Gasteiger partial charge in [0.25, 0.3) is 0 Å². The molecule has 7 heteroatoms. The summed E-state index contributed by atoms with van der Waals surface area (Å²) in [6.45, 7) is 11.8. The van der Waals surface area contributed by atoms with Gasteiger partial charge >= 0.3 is 7.60 Å². The fourth-order valence-corrected chi connectivity index (χ4v) is 6.05. The van der Waals surface area contributed by atoms with Crippen LogP contribution in [0.1, 0.15) is 77.9 Å².